The largest absolute Gasteiger partial charge is 0.336 e. The first-order valence-corrected chi connectivity index (χ1v) is 9.74. The molecule has 7 nitrogen and oxygen atoms in total. The smallest absolute Gasteiger partial charge is 0.170 e. The fourth-order valence-electron chi connectivity index (χ4n) is 3.02. The number of Topliss-reactive ketones (excluding diaryl/α,β-unsaturated/α-hetero) is 1. The molecule has 1 aromatic carbocycles. The number of aromatic nitrogens is 5. The first kappa shape index (κ1) is 17.3. The molecular formula is C21H14N6OS. The predicted molar refractivity (Wildman–Crippen MR) is 113 cm³/mol. The van der Waals surface area contributed by atoms with Crippen molar-refractivity contribution in [1.29, 1.82) is 0 Å². The van der Waals surface area contributed by atoms with Gasteiger partial charge in [0.1, 0.15) is 17.0 Å². The number of hydrogen-bond donors (Lipinski definition) is 1. The number of carbonyl (C=O) groups excluding carboxylic acids is 1. The third-order valence-electron chi connectivity index (χ3n) is 4.41. The van der Waals surface area contributed by atoms with Crippen LogP contribution in [0.1, 0.15) is 16.2 Å². The lowest BCUT2D eigenvalue weighted by Gasteiger charge is -2.06. The number of nitrogens with one attached hydrogen (secondary N) is 1. The van der Waals surface area contributed by atoms with Gasteiger partial charge in [-0.2, -0.15) is 0 Å². The van der Waals surface area contributed by atoms with E-state index in [1.165, 1.54) is 17.7 Å². The number of benzene rings is 1. The third-order valence-corrected chi connectivity index (χ3v) is 5.52. The van der Waals surface area contributed by atoms with Crippen molar-refractivity contribution >= 4 is 49.1 Å². The van der Waals surface area contributed by atoms with Gasteiger partial charge in [-0.25, -0.2) is 24.9 Å². The van der Waals surface area contributed by atoms with Gasteiger partial charge in [-0.3, -0.25) is 4.79 Å². The van der Waals surface area contributed by atoms with Crippen LogP contribution in [0.25, 0.3) is 20.4 Å². The Morgan fingerprint density at radius 1 is 0.931 bits per heavy atom. The zero-order valence-corrected chi connectivity index (χ0v) is 15.9. The first-order valence-electron chi connectivity index (χ1n) is 8.92. The molecule has 0 saturated heterocycles. The van der Waals surface area contributed by atoms with Crippen LogP contribution in [-0.4, -0.2) is 30.7 Å². The second kappa shape index (κ2) is 7.33. The molecule has 0 aliphatic heterocycles. The number of rotatable bonds is 5. The van der Waals surface area contributed by atoms with Gasteiger partial charge in [0, 0.05) is 17.1 Å². The van der Waals surface area contributed by atoms with Crippen molar-refractivity contribution in [1.82, 2.24) is 24.9 Å². The molecule has 0 aliphatic carbocycles. The summed E-state index contributed by atoms with van der Waals surface area (Å²) >= 11 is 1.53. The predicted octanol–water partition coefficient (Wildman–Crippen LogP) is 4.20. The van der Waals surface area contributed by atoms with Gasteiger partial charge in [-0.1, -0.05) is 30.3 Å². The number of carbonyl (C=O) groups is 1. The molecule has 5 rings (SSSR count). The Hall–Kier alpha value is -3.78. The average Bonchev–Trinajstić information content (AvgIpc) is 3.16. The topological polar surface area (TPSA) is 93.6 Å². The minimum Gasteiger partial charge on any atom is -0.336 e. The molecule has 8 heteroatoms. The van der Waals surface area contributed by atoms with Gasteiger partial charge in [0.15, 0.2) is 11.6 Å². The summed E-state index contributed by atoms with van der Waals surface area (Å²) in [6, 6.07) is 13.0. The second-order valence-electron chi connectivity index (χ2n) is 6.34. The molecule has 0 fully saturated rings. The number of fused-ring (bicyclic) bond motifs is 3. The molecule has 0 unspecified atom stereocenters. The summed E-state index contributed by atoms with van der Waals surface area (Å²) in [4.78, 5) is 35.0. The molecule has 5 aromatic rings. The van der Waals surface area contributed by atoms with Crippen molar-refractivity contribution in [3.8, 4) is 0 Å². The highest BCUT2D eigenvalue weighted by atomic mass is 32.1. The summed E-state index contributed by atoms with van der Waals surface area (Å²) in [5.74, 6) is 1.14. The van der Waals surface area contributed by atoms with Crippen molar-refractivity contribution in [3.05, 3.63) is 78.8 Å². The number of thiophene rings is 1. The van der Waals surface area contributed by atoms with E-state index >= 15 is 0 Å². The van der Waals surface area contributed by atoms with Crippen molar-refractivity contribution in [2.75, 3.05) is 5.32 Å². The zero-order chi connectivity index (χ0) is 19.6. The molecule has 0 saturated carbocycles. The van der Waals surface area contributed by atoms with Gasteiger partial charge in [-0.05, 0) is 12.1 Å². The molecule has 0 spiro atoms. The van der Waals surface area contributed by atoms with E-state index in [0.717, 1.165) is 20.4 Å². The van der Waals surface area contributed by atoms with Crippen molar-refractivity contribution < 1.29 is 4.79 Å². The van der Waals surface area contributed by atoms with E-state index in [4.69, 9.17) is 0 Å². The van der Waals surface area contributed by atoms with Crippen LogP contribution in [0.15, 0.2) is 67.4 Å². The molecule has 29 heavy (non-hydrogen) atoms. The second-order valence-corrected chi connectivity index (χ2v) is 7.34. The van der Waals surface area contributed by atoms with Crippen molar-refractivity contribution in [3.63, 3.8) is 0 Å². The van der Waals surface area contributed by atoms with Gasteiger partial charge in [0.05, 0.1) is 34.7 Å². The van der Waals surface area contributed by atoms with Crippen LogP contribution < -0.4 is 5.32 Å². The van der Waals surface area contributed by atoms with E-state index in [2.05, 4.69) is 30.2 Å². The van der Waals surface area contributed by atoms with Gasteiger partial charge < -0.3 is 5.32 Å². The number of hydrogen-bond acceptors (Lipinski definition) is 8. The molecule has 1 N–H and O–H groups in total. The SMILES string of the molecule is O=C(Cc1ncc(Nc2ncnc3c2sc2ncccc23)cn1)c1ccccc1. The lowest BCUT2D eigenvalue weighted by molar-refractivity contribution is 0.0991. The number of anilines is 2. The Balaban J connectivity index is 1.38. The Morgan fingerprint density at radius 3 is 2.59 bits per heavy atom. The average molecular weight is 398 g/mol. The van der Waals surface area contributed by atoms with Crippen LogP contribution in [0.2, 0.25) is 0 Å². The zero-order valence-electron chi connectivity index (χ0n) is 15.1. The quantitative estimate of drug-likeness (QED) is 0.444. The molecular weight excluding hydrogens is 384 g/mol. The maximum Gasteiger partial charge on any atom is 0.170 e. The Labute approximate surface area is 169 Å². The van der Waals surface area contributed by atoms with Crippen LogP contribution in [0.4, 0.5) is 11.5 Å². The fourth-order valence-corrected chi connectivity index (χ4v) is 4.06. The molecule has 0 aliphatic rings. The fraction of sp³-hybridized carbons (Fsp3) is 0.0476. The van der Waals surface area contributed by atoms with E-state index in [0.29, 0.717) is 22.9 Å². The highest BCUT2D eigenvalue weighted by Gasteiger charge is 2.13. The van der Waals surface area contributed by atoms with Crippen LogP contribution >= 0.6 is 11.3 Å². The molecule has 140 valence electrons. The lowest BCUT2D eigenvalue weighted by Crippen LogP contribution is -2.07. The summed E-state index contributed by atoms with van der Waals surface area (Å²) < 4.78 is 0.921. The minimum atomic E-state index is -0.0124. The molecule has 0 atom stereocenters. The van der Waals surface area contributed by atoms with E-state index in [1.54, 1.807) is 30.7 Å². The first-order chi connectivity index (χ1) is 14.3. The van der Waals surface area contributed by atoms with Crippen LogP contribution in [-0.2, 0) is 6.42 Å². The summed E-state index contributed by atoms with van der Waals surface area (Å²) in [5, 5.41) is 4.25. The summed E-state index contributed by atoms with van der Waals surface area (Å²) in [6.45, 7) is 0. The van der Waals surface area contributed by atoms with E-state index in [9.17, 15) is 4.79 Å². The summed E-state index contributed by atoms with van der Waals surface area (Å²) in [7, 11) is 0. The standard InChI is InChI=1S/C21H14N6OS/c28-16(13-5-2-1-3-6-13)9-17-23-10-14(11-24-17)27-20-19-18(25-12-26-20)15-7-4-8-22-21(15)29-19/h1-8,10-12H,9H2,(H,25,26,27). The van der Waals surface area contributed by atoms with Crippen LogP contribution in [0, 0.1) is 0 Å². The monoisotopic (exact) mass is 398 g/mol. The molecule has 0 radical (unpaired) electrons. The lowest BCUT2D eigenvalue weighted by atomic mass is 10.1. The van der Waals surface area contributed by atoms with Crippen molar-refractivity contribution in [2.45, 2.75) is 6.42 Å². The van der Waals surface area contributed by atoms with Crippen LogP contribution in [0.3, 0.4) is 0 Å². The Kier molecular flexibility index (Phi) is 4.38. The van der Waals surface area contributed by atoms with E-state index < -0.39 is 0 Å². The molecule has 0 amide bonds. The van der Waals surface area contributed by atoms with Gasteiger partial charge in [0.2, 0.25) is 0 Å². The highest BCUT2D eigenvalue weighted by molar-refractivity contribution is 7.25. The number of ketones is 1. The molecule has 4 aromatic heterocycles. The summed E-state index contributed by atoms with van der Waals surface area (Å²) in [5.41, 5.74) is 2.20. The Bertz CT molecular complexity index is 1320. The minimum absolute atomic E-state index is 0.0124. The highest BCUT2D eigenvalue weighted by Crippen LogP contribution is 2.35. The maximum atomic E-state index is 12.3. The van der Waals surface area contributed by atoms with Crippen molar-refractivity contribution in [2.24, 2.45) is 0 Å². The van der Waals surface area contributed by atoms with Gasteiger partial charge >= 0.3 is 0 Å². The third kappa shape index (κ3) is 3.41. The number of nitrogens with zero attached hydrogens (tertiary/aromatic N) is 5. The Morgan fingerprint density at radius 2 is 1.76 bits per heavy atom. The molecule has 0 bridgehead atoms. The van der Waals surface area contributed by atoms with E-state index in [-0.39, 0.29) is 12.2 Å². The van der Waals surface area contributed by atoms with Gasteiger partial charge in [-0.15, -0.1) is 11.3 Å². The normalized spacial score (nSPS) is 11.0. The molecule has 4 heterocycles. The number of pyridine rings is 1. The van der Waals surface area contributed by atoms with Crippen LogP contribution in [0.5, 0.6) is 0 Å². The van der Waals surface area contributed by atoms with E-state index in [1.807, 2.05) is 30.3 Å². The summed E-state index contributed by atoms with van der Waals surface area (Å²) in [6.07, 6.45) is 6.75. The maximum absolute atomic E-state index is 12.3. The van der Waals surface area contributed by atoms with Gasteiger partial charge in [0.25, 0.3) is 0 Å².